The van der Waals surface area contributed by atoms with Gasteiger partial charge in [-0.15, -0.1) is 0 Å². The van der Waals surface area contributed by atoms with Gasteiger partial charge in [-0.1, -0.05) is 0 Å². The zero-order chi connectivity index (χ0) is 19.5. The normalized spacial score (nSPS) is 17.1. The van der Waals surface area contributed by atoms with Crippen molar-refractivity contribution in [3.63, 3.8) is 0 Å². The topological polar surface area (TPSA) is 0 Å². The smallest absolute Gasteiger partial charge is 1.00 e. The Balaban J connectivity index is 0.00000160. The fraction of sp³-hybridized carbons (Fsp3) is 0.185. The SMILES string of the molecule is CCCC1=CC=C[C]1([Ti+3])C(c1ccccc1)(c1ccccc1)c1ccccc1.[Cl-].[Cl-].[Cl-]. The Morgan fingerprint density at radius 1 is 0.677 bits per heavy atom. The van der Waals surface area contributed by atoms with Gasteiger partial charge in [0, 0.05) is 0 Å². The fourth-order valence-corrected chi connectivity index (χ4v) is 5.86. The minimum Gasteiger partial charge on any atom is -1.00 e. The van der Waals surface area contributed by atoms with Crippen molar-refractivity contribution in [1.82, 2.24) is 0 Å². The minimum atomic E-state index is -0.287. The molecule has 0 nitrogen and oxygen atoms in total. The molecule has 31 heavy (non-hydrogen) atoms. The molecule has 0 N–H and O–H groups in total. The van der Waals surface area contributed by atoms with Crippen LogP contribution in [0.15, 0.2) is 115 Å². The molecule has 0 aromatic heterocycles. The molecule has 0 saturated carbocycles. The van der Waals surface area contributed by atoms with E-state index in [2.05, 4.69) is 137 Å². The van der Waals surface area contributed by atoms with Gasteiger partial charge in [-0.05, 0) is 0 Å². The van der Waals surface area contributed by atoms with Gasteiger partial charge >= 0.3 is 181 Å². The molecule has 0 spiro atoms. The number of hydrogen-bond donors (Lipinski definition) is 0. The van der Waals surface area contributed by atoms with Gasteiger partial charge in [0.15, 0.2) is 0 Å². The first-order chi connectivity index (χ1) is 13.7. The van der Waals surface area contributed by atoms with E-state index in [1.807, 2.05) is 0 Å². The maximum atomic E-state index is 2.42. The number of allylic oxidation sites excluding steroid dienone is 4. The number of hydrogen-bond acceptors (Lipinski definition) is 0. The Morgan fingerprint density at radius 3 is 1.42 bits per heavy atom. The maximum absolute atomic E-state index is 2.42. The third-order valence-electron chi connectivity index (χ3n) is 5.88. The van der Waals surface area contributed by atoms with Crippen molar-refractivity contribution in [3.05, 3.63) is 131 Å². The summed E-state index contributed by atoms with van der Waals surface area (Å²) < 4.78 is -0.132. The molecule has 1 aliphatic rings. The van der Waals surface area contributed by atoms with Crippen LogP contribution in [-0.2, 0) is 25.9 Å². The molecular formula is C27H25Cl3Ti. The fourth-order valence-electron chi connectivity index (χ4n) is 4.71. The maximum Gasteiger partial charge on any atom is -1.00 e. The van der Waals surface area contributed by atoms with Crippen LogP contribution in [-0.4, -0.2) is 0 Å². The molecule has 4 heteroatoms. The first-order valence-corrected chi connectivity index (χ1v) is 10.8. The van der Waals surface area contributed by atoms with Gasteiger partial charge < -0.3 is 37.2 Å². The third-order valence-corrected chi connectivity index (χ3v) is 7.23. The molecule has 0 amide bonds. The van der Waals surface area contributed by atoms with Crippen molar-refractivity contribution < 1.29 is 57.7 Å². The predicted molar refractivity (Wildman–Crippen MR) is 114 cm³/mol. The van der Waals surface area contributed by atoms with Crippen molar-refractivity contribution in [2.75, 3.05) is 0 Å². The Bertz CT molecular complexity index is 888. The van der Waals surface area contributed by atoms with Gasteiger partial charge in [0.2, 0.25) is 0 Å². The molecule has 0 saturated heterocycles. The van der Waals surface area contributed by atoms with Gasteiger partial charge in [0.25, 0.3) is 0 Å². The van der Waals surface area contributed by atoms with Crippen molar-refractivity contribution in [2.24, 2.45) is 0 Å². The zero-order valence-electron chi connectivity index (χ0n) is 17.4. The largest absolute Gasteiger partial charge is 1.00 e. The van der Waals surface area contributed by atoms with E-state index in [1.165, 1.54) is 22.3 Å². The second kappa shape index (κ2) is 12.1. The van der Waals surface area contributed by atoms with Crippen LogP contribution in [0.1, 0.15) is 36.5 Å². The van der Waals surface area contributed by atoms with Gasteiger partial charge in [-0.25, -0.2) is 0 Å². The van der Waals surface area contributed by atoms with E-state index in [0.717, 1.165) is 12.8 Å². The summed E-state index contributed by atoms with van der Waals surface area (Å²) in [4.78, 5) is 0. The van der Waals surface area contributed by atoms with E-state index in [-0.39, 0.29) is 46.4 Å². The summed E-state index contributed by atoms with van der Waals surface area (Å²) in [7, 11) is 0. The van der Waals surface area contributed by atoms with Crippen LogP contribution in [0.2, 0.25) is 3.72 Å². The van der Waals surface area contributed by atoms with E-state index in [1.54, 1.807) is 0 Å². The molecule has 1 unspecified atom stereocenters. The van der Waals surface area contributed by atoms with E-state index >= 15 is 0 Å². The summed E-state index contributed by atoms with van der Waals surface area (Å²) in [6.07, 6.45) is 9.28. The minimum absolute atomic E-state index is 0. The van der Waals surface area contributed by atoms with Crippen LogP contribution in [0.4, 0.5) is 0 Å². The van der Waals surface area contributed by atoms with Crippen molar-refractivity contribution in [1.29, 1.82) is 0 Å². The average Bonchev–Trinajstić information content (AvgIpc) is 3.13. The van der Waals surface area contributed by atoms with Crippen LogP contribution in [0.3, 0.4) is 0 Å². The van der Waals surface area contributed by atoms with Gasteiger partial charge in [-0.2, -0.15) is 0 Å². The van der Waals surface area contributed by atoms with E-state index in [9.17, 15) is 0 Å². The van der Waals surface area contributed by atoms with E-state index < -0.39 is 0 Å². The molecule has 1 atom stereocenters. The molecule has 0 radical (unpaired) electrons. The van der Waals surface area contributed by atoms with Crippen molar-refractivity contribution >= 4 is 0 Å². The summed E-state index contributed by atoms with van der Waals surface area (Å²) in [5.74, 6) is 0. The Kier molecular flexibility index (Phi) is 10.8. The van der Waals surface area contributed by atoms with E-state index in [4.69, 9.17) is 0 Å². The summed E-state index contributed by atoms with van der Waals surface area (Å²) >= 11 is 2.42. The summed E-state index contributed by atoms with van der Waals surface area (Å²) in [6, 6.07) is 33.1. The van der Waals surface area contributed by atoms with Gasteiger partial charge in [-0.3, -0.25) is 0 Å². The third kappa shape index (κ3) is 4.75. The molecule has 3 aromatic rings. The first kappa shape index (κ1) is 27.8. The van der Waals surface area contributed by atoms with Crippen LogP contribution in [0.25, 0.3) is 0 Å². The zero-order valence-corrected chi connectivity index (χ0v) is 21.3. The standard InChI is InChI=1S/C27H25.3ClH.Ti/c1-2-13-22-14-12-21-26(22)27(23-15-6-3-7-16-23,24-17-8-4-9-18-24)25-19-10-5-11-20-25;;;;/h3-12,14-21H,2,13H2,1H3;3*1H;/q;;;;+3/p-3. The molecule has 158 valence electrons. The Morgan fingerprint density at radius 2 is 1.06 bits per heavy atom. The molecule has 0 fully saturated rings. The molecule has 0 bridgehead atoms. The number of halogens is 3. The molecule has 1 aliphatic carbocycles. The van der Waals surface area contributed by atoms with Crippen LogP contribution in [0, 0.1) is 0 Å². The predicted octanol–water partition coefficient (Wildman–Crippen LogP) is -1.97. The van der Waals surface area contributed by atoms with Crippen LogP contribution in [0.5, 0.6) is 0 Å². The number of rotatable bonds is 6. The molecule has 3 aromatic carbocycles. The number of benzene rings is 3. The molecule has 4 rings (SSSR count). The second-order valence-corrected chi connectivity index (χ2v) is 8.69. The second-order valence-electron chi connectivity index (χ2n) is 7.46. The van der Waals surface area contributed by atoms with Crippen LogP contribution < -0.4 is 37.2 Å². The summed E-state index contributed by atoms with van der Waals surface area (Å²) in [5.41, 5.74) is 5.23. The molecular weight excluding hydrogens is 479 g/mol. The summed E-state index contributed by atoms with van der Waals surface area (Å²) in [6.45, 7) is 2.27. The van der Waals surface area contributed by atoms with Gasteiger partial charge in [0.1, 0.15) is 0 Å². The Labute approximate surface area is 216 Å². The van der Waals surface area contributed by atoms with Gasteiger partial charge in [0.05, 0.1) is 0 Å². The first-order valence-electron chi connectivity index (χ1n) is 10.0. The van der Waals surface area contributed by atoms with Crippen LogP contribution >= 0.6 is 0 Å². The Hall–Kier alpha value is -1.28. The monoisotopic (exact) mass is 502 g/mol. The van der Waals surface area contributed by atoms with Crippen molar-refractivity contribution in [2.45, 2.75) is 28.9 Å². The molecule has 0 heterocycles. The quantitative estimate of drug-likeness (QED) is 0.271. The van der Waals surface area contributed by atoms with Crippen molar-refractivity contribution in [3.8, 4) is 0 Å². The average molecular weight is 504 g/mol. The molecule has 0 aliphatic heterocycles. The van der Waals surface area contributed by atoms with E-state index in [0.29, 0.717) is 0 Å². The summed E-state index contributed by atoms with van der Waals surface area (Å²) in [5, 5.41) is 0.